The molecule has 1 aromatic rings. The molecule has 1 amide bonds. The van der Waals surface area contributed by atoms with Gasteiger partial charge in [-0.3, -0.25) is 9.59 Å². The molecule has 0 aliphatic carbocycles. The van der Waals surface area contributed by atoms with Crippen LogP contribution in [0.15, 0.2) is 24.3 Å². The molecule has 1 aliphatic heterocycles. The van der Waals surface area contributed by atoms with Crippen molar-refractivity contribution in [2.75, 3.05) is 13.1 Å². The summed E-state index contributed by atoms with van der Waals surface area (Å²) in [6.45, 7) is 3.82. The second-order valence-electron chi connectivity index (χ2n) is 5.92. The van der Waals surface area contributed by atoms with Crippen molar-refractivity contribution in [1.29, 1.82) is 0 Å². The third-order valence-electron chi connectivity index (χ3n) is 4.01. The van der Waals surface area contributed by atoms with Gasteiger partial charge in [0, 0.05) is 13.1 Å². The van der Waals surface area contributed by atoms with Crippen molar-refractivity contribution < 1.29 is 23.8 Å². The summed E-state index contributed by atoms with van der Waals surface area (Å²) in [4.78, 5) is 25.2. The van der Waals surface area contributed by atoms with Gasteiger partial charge in [-0.05, 0) is 38.8 Å². The molecule has 6 heteroatoms. The first kappa shape index (κ1) is 16.3. The van der Waals surface area contributed by atoms with E-state index >= 15 is 0 Å². The van der Waals surface area contributed by atoms with Gasteiger partial charge in [0.15, 0.2) is 17.7 Å². The molecule has 2 rings (SSSR count). The Bertz CT molecular complexity index is 577. The number of amides is 1. The van der Waals surface area contributed by atoms with Crippen LogP contribution < -0.4 is 4.74 Å². The molecule has 1 aromatic carbocycles. The fraction of sp³-hybridized carbons (Fsp3) is 0.500. The first-order chi connectivity index (χ1) is 10.3. The Morgan fingerprint density at radius 1 is 1.41 bits per heavy atom. The minimum Gasteiger partial charge on any atom is -0.481 e. The summed E-state index contributed by atoms with van der Waals surface area (Å²) in [7, 11) is 0. The first-order valence-corrected chi connectivity index (χ1v) is 7.27. The average molecular weight is 309 g/mol. The fourth-order valence-electron chi connectivity index (χ4n) is 2.64. The van der Waals surface area contributed by atoms with Crippen LogP contribution in [0.5, 0.6) is 5.75 Å². The van der Waals surface area contributed by atoms with Crippen LogP contribution in [0.1, 0.15) is 26.7 Å². The number of para-hydroxylation sites is 1. The van der Waals surface area contributed by atoms with Crippen LogP contribution in [0.4, 0.5) is 4.39 Å². The molecule has 5 nitrogen and oxygen atoms in total. The molecule has 0 saturated carbocycles. The Balaban J connectivity index is 2.04. The van der Waals surface area contributed by atoms with E-state index < -0.39 is 23.3 Å². The largest absolute Gasteiger partial charge is 0.481 e. The van der Waals surface area contributed by atoms with E-state index in [0.29, 0.717) is 19.4 Å². The van der Waals surface area contributed by atoms with Crippen molar-refractivity contribution in [3.8, 4) is 5.75 Å². The number of piperidine rings is 1. The van der Waals surface area contributed by atoms with Gasteiger partial charge in [0.25, 0.3) is 5.91 Å². The lowest BCUT2D eigenvalue weighted by molar-refractivity contribution is -0.155. The lowest BCUT2D eigenvalue weighted by Gasteiger charge is -2.38. The lowest BCUT2D eigenvalue weighted by atomic mass is 9.82. The van der Waals surface area contributed by atoms with Gasteiger partial charge in [0.1, 0.15) is 0 Å². The molecule has 0 aromatic heterocycles. The smallest absolute Gasteiger partial charge is 0.311 e. The quantitative estimate of drug-likeness (QED) is 0.927. The van der Waals surface area contributed by atoms with E-state index in [2.05, 4.69) is 0 Å². The summed E-state index contributed by atoms with van der Waals surface area (Å²) in [6, 6.07) is 5.88. The molecule has 2 atom stereocenters. The maximum absolute atomic E-state index is 13.6. The number of carboxylic acid groups (broad SMARTS) is 1. The summed E-state index contributed by atoms with van der Waals surface area (Å²) < 4.78 is 18.9. The Morgan fingerprint density at radius 2 is 2.09 bits per heavy atom. The summed E-state index contributed by atoms with van der Waals surface area (Å²) in [5, 5.41) is 9.29. The maximum Gasteiger partial charge on any atom is 0.311 e. The molecular weight excluding hydrogens is 289 g/mol. The fourth-order valence-corrected chi connectivity index (χ4v) is 2.64. The van der Waals surface area contributed by atoms with Crippen molar-refractivity contribution in [1.82, 2.24) is 4.90 Å². The highest BCUT2D eigenvalue weighted by molar-refractivity contribution is 5.82. The van der Waals surface area contributed by atoms with E-state index in [1.54, 1.807) is 19.9 Å². The average Bonchev–Trinajstić information content (AvgIpc) is 2.48. The monoisotopic (exact) mass is 309 g/mol. The molecule has 1 N–H and O–H groups in total. The Labute approximate surface area is 128 Å². The van der Waals surface area contributed by atoms with Crippen molar-refractivity contribution in [3.63, 3.8) is 0 Å². The first-order valence-electron chi connectivity index (χ1n) is 7.27. The number of nitrogens with zero attached hydrogens (tertiary/aromatic N) is 1. The second-order valence-corrected chi connectivity index (χ2v) is 5.92. The molecule has 0 spiro atoms. The minimum absolute atomic E-state index is 0.0151. The van der Waals surface area contributed by atoms with Crippen molar-refractivity contribution >= 4 is 11.9 Å². The molecule has 0 bridgehead atoms. The number of carbonyl (C=O) groups is 2. The molecule has 1 aliphatic rings. The molecule has 120 valence electrons. The number of benzene rings is 1. The number of hydrogen-bond donors (Lipinski definition) is 1. The Morgan fingerprint density at radius 3 is 2.73 bits per heavy atom. The van der Waals surface area contributed by atoms with E-state index in [4.69, 9.17) is 4.74 Å². The second kappa shape index (κ2) is 6.34. The van der Waals surface area contributed by atoms with Gasteiger partial charge < -0.3 is 14.7 Å². The van der Waals surface area contributed by atoms with Crippen LogP contribution in [-0.4, -0.2) is 41.1 Å². The molecular formula is C16H20FNO4. The third-order valence-corrected chi connectivity index (χ3v) is 4.01. The number of carbonyl (C=O) groups excluding carboxylic acids is 1. The predicted molar refractivity (Wildman–Crippen MR) is 78.0 cm³/mol. The molecule has 22 heavy (non-hydrogen) atoms. The van der Waals surface area contributed by atoms with E-state index in [0.717, 1.165) is 0 Å². The summed E-state index contributed by atoms with van der Waals surface area (Å²) >= 11 is 0. The highest BCUT2D eigenvalue weighted by Crippen LogP contribution is 2.30. The van der Waals surface area contributed by atoms with Crippen LogP contribution in [0.25, 0.3) is 0 Å². The van der Waals surface area contributed by atoms with E-state index in [-0.39, 0.29) is 18.2 Å². The number of halogens is 1. The van der Waals surface area contributed by atoms with E-state index in [1.165, 1.54) is 23.1 Å². The molecule has 2 unspecified atom stereocenters. The van der Waals surface area contributed by atoms with E-state index in [1.807, 2.05) is 0 Å². The number of ether oxygens (including phenoxy) is 1. The zero-order valence-corrected chi connectivity index (χ0v) is 12.7. The van der Waals surface area contributed by atoms with Gasteiger partial charge in [0.05, 0.1) is 5.41 Å². The number of carboxylic acids is 1. The van der Waals surface area contributed by atoms with Crippen LogP contribution in [0.2, 0.25) is 0 Å². The Hall–Kier alpha value is -2.11. The van der Waals surface area contributed by atoms with Gasteiger partial charge in [-0.1, -0.05) is 12.1 Å². The normalized spacial score (nSPS) is 23.0. The highest BCUT2D eigenvalue weighted by Gasteiger charge is 2.40. The van der Waals surface area contributed by atoms with Crippen LogP contribution >= 0.6 is 0 Å². The molecule has 0 radical (unpaired) electrons. The molecule has 1 fully saturated rings. The topological polar surface area (TPSA) is 66.8 Å². The van der Waals surface area contributed by atoms with Crippen LogP contribution in [0.3, 0.4) is 0 Å². The SMILES string of the molecule is CC(Oc1ccccc1F)C(=O)N1CCCC(C)(C(=O)O)C1. The summed E-state index contributed by atoms with van der Waals surface area (Å²) in [5.41, 5.74) is -0.939. The maximum atomic E-state index is 13.6. The standard InChI is InChI=1S/C16H20FNO4/c1-11(22-13-7-4-3-6-12(13)17)14(19)18-9-5-8-16(2,10-18)15(20)21/h3-4,6-7,11H,5,8-10H2,1-2H3,(H,20,21). The predicted octanol–water partition coefficient (Wildman–Crippen LogP) is 2.31. The molecule has 1 saturated heterocycles. The van der Waals surface area contributed by atoms with Crippen molar-refractivity contribution in [2.24, 2.45) is 5.41 Å². The van der Waals surface area contributed by atoms with Crippen molar-refractivity contribution in [2.45, 2.75) is 32.8 Å². The van der Waals surface area contributed by atoms with Gasteiger partial charge in [-0.25, -0.2) is 4.39 Å². The third kappa shape index (κ3) is 3.37. The van der Waals surface area contributed by atoms with Crippen molar-refractivity contribution in [3.05, 3.63) is 30.1 Å². The van der Waals surface area contributed by atoms with Gasteiger partial charge in [-0.2, -0.15) is 0 Å². The zero-order valence-electron chi connectivity index (χ0n) is 12.7. The number of rotatable bonds is 4. The highest BCUT2D eigenvalue weighted by atomic mass is 19.1. The number of hydrogen-bond acceptors (Lipinski definition) is 3. The summed E-state index contributed by atoms with van der Waals surface area (Å²) in [5.74, 6) is -1.75. The lowest BCUT2D eigenvalue weighted by Crippen LogP contribution is -2.51. The number of likely N-dealkylation sites (tertiary alicyclic amines) is 1. The zero-order chi connectivity index (χ0) is 16.3. The van der Waals surface area contributed by atoms with Crippen LogP contribution in [0, 0.1) is 11.2 Å². The van der Waals surface area contributed by atoms with Gasteiger partial charge in [-0.15, -0.1) is 0 Å². The molecule has 1 heterocycles. The Kier molecular flexibility index (Phi) is 4.68. The number of aliphatic carboxylic acids is 1. The van der Waals surface area contributed by atoms with Gasteiger partial charge >= 0.3 is 5.97 Å². The van der Waals surface area contributed by atoms with E-state index in [9.17, 15) is 19.1 Å². The summed E-state index contributed by atoms with van der Waals surface area (Å²) in [6.07, 6.45) is 0.295. The van der Waals surface area contributed by atoms with Crippen LogP contribution in [-0.2, 0) is 9.59 Å². The minimum atomic E-state index is -0.939. The van der Waals surface area contributed by atoms with Gasteiger partial charge in [0.2, 0.25) is 0 Å².